The van der Waals surface area contributed by atoms with Crippen molar-refractivity contribution in [1.82, 2.24) is 15.1 Å². The van der Waals surface area contributed by atoms with Crippen LogP contribution in [0.1, 0.15) is 36.9 Å². The van der Waals surface area contributed by atoms with Crippen molar-refractivity contribution in [1.29, 1.82) is 0 Å². The van der Waals surface area contributed by atoms with Crippen molar-refractivity contribution >= 4 is 5.91 Å². The number of hydrogen-bond donors (Lipinski definition) is 1. The third-order valence-corrected chi connectivity index (χ3v) is 4.28. The van der Waals surface area contributed by atoms with Crippen LogP contribution in [0.2, 0.25) is 0 Å². The predicted octanol–water partition coefficient (Wildman–Crippen LogP) is 3.29. The zero-order valence-electron chi connectivity index (χ0n) is 14.1. The standard InChI is InChI=1S/C19H21N5O/c1-2-3-11-19(22-23-19)12-9-18(25)24(15-17-10-13-20-21-17)14-16-7-5-4-6-8-16/h1,4-8,10,13H,3,9,11-12,14-15H2,(H,20,21). The topological polar surface area (TPSA) is 73.7 Å². The van der Waals surface area contributed by atoms with E-state index in [-0.39, 0.29) is 5.91 Å². The highest BCUT2D eigenvalue weighted by atomic mass is 16.2. The van der Waals surface area contributed by atoms with Gasteiger partial charge < -0.3 is 4.90 Å². The molecule has 0 saturated heterocycles. The molecule has 25 heavy (non-hydrogen) atoms. The van der Waals surface area contributed by atoms with Crippen LogP contribution in [0.5, 0.6) is 0 Å². The van der Waals surface area contributed by atoms with Crippen LogP contribution in [-0.2, 0) is 17.9 Å². The molecule has 6 heteroatoms. The molecular formula is C19H21N5O. The first-order valence-corrected chi connectivity index (χ1v) is 8.38. The summed E-state index contributed by atoms with van der Waals surface area (Å²) in [4.78, 5) is 14.6. The van der Waals surface area contributed by atoms with E-state index in [0.29, 0.717) is 32.4 Å². The molecule has 2 aromatic rings. The molecule has 1 aliphatic rings. The molecule has 0 saturated carbocycles. The van der Waals surface area contributed by atoms with E-state index in [0.717, 1.165) is 17.7 Å². The monoisotopic (exact) mass is 335 g/mol. The SMILES string of the molecule is C#CCCC1(CCC(=O)N(Cc2ccccc2)Cc2ccn[nH]2)N=N1. The second-order valence-corrected chi connectivity index (χ2v) is 6.20. The van der Waals surface area contributed by atoms with Crippen LogP contribution in [0.25, 0.3) is 0 Å². The molecule has 0 atom stereocenters. The Kier molecular flexibility index (Phi) is 5.24. The van der Waals surface area contributed by atoms with Gasteiger partial charge in [-0.1, -0.05) is 30.3 Å². The van der Waals surface area contributed by atoms with Gasteiger partial charge in [-0.05, 0) is 11.6 Å². The Bertz CT molecular complexity index is 755. The summed E-state index contributed by atoms with van der Waals surface area (Å²) in [5.41, 5.74) is 1.58. The number of rotatable bonds is 9. The molecule has 0 spiro atoms. The fourth-order valence-corrected chi connectivity index (χ4v) is 2.75. The zero-order valence-corrected chi connectivity index (χ0v) is 14.1. The summed E-state index contributed by atoms with van der Waals surface area (Å²) < 4.78 is 0. The molecule has 0 bridgehead atoms. The molecule has 1 amide bonds. The Morgan fingerprint density at radius 2 is 1.96 bits per heavy atom. The zero-order chi connectivity index (χ0) is 17.5. The molecule has 6 nitrogen and oxygen atoms in total. The molecule has 1 aromatic heterocycles. The number of aromatic amines is 1. The van der Waals surface area contributed by atoms with E-state index < -0.39 is 5.66 Å². The molecule has 128 valence electrons. The van der Waals surface area contributed by atoms with Crippen LogP contribution in [0, 0.1) is 12.3 Å². The summed E-state index contributed by atoms with van der Waals surface area (Å²) in [5.74, 6) is 2.69. The summed E-state index contributed by atoms with van der Waals surface area (Å²) in [6.07, 6.45) is 9.36. The summed E-state index contributed by atoms with van der Waals surface area (Å²) in [6, 6.07) is 11.8. The molecule has 2 heterocycles. The van der Waals surface area contributed by atoms with Gasteiger partial charge in [-0.15, -0.1) is 12.3 Å². The van der Waals surface area contributed by atoms with Crippen molar-refractivity contribution < 1.29 is 4.79 Å². The minimum atomic E-state index is -0.422. The Hall–Kier alpha value is -2.94. The first kappa shape index (κ1) is 16.9. The van der Waals surface area contributed by atoms with Crippen molar-refractivity contribution in [2.24, 2.45) is 10.2 Å². The van der Waals surface area contributed by atoms with Gasteiger partial charge in [0, 0.05) is 38.4 Å². The highest BCUT2D eigenvalue weighted by Gasteiger charge is 2.39. The lowest BCUT2D eigenvalue weighted by Crippen LogP contribution is -2.31. The number of H-pyrrole nitrogens is 1. The van der Waals surface area contributed by atoms with Gasteiger partial charge in [0.2, 0.25) is 5.91 Å². The second kappa shape index (κ2) is 7.75. The van der Waals surface area contributed by atoms with Gasteiger partial charge in [-0.3, -0.25) is 9.89 Å². The van der Waals surface area contributed by atoms with Crippen molar-refractivity contribution in [2.75, 3.05) is 0 Å². The van der Waals surface area contributed by atoms with E-state index in [4.69, 9.17) is 6.42 Å². The van der Waals surface area contributed by atoms with Crippen LogP contribution in [0.4, 0.5) is 0 Å². The van der Waals surface area contributed by atoms with Crippen LogP contribution in [-0.4, -0.2) is 26.7 Å². The van der Waals surface area contributed by atoms with E-state index >= 15 is 0 Å². The molecular weight excluding hydrogens is 314 g/mol. The number of aromatic nitrogens is 2. The highest BCUT2D eigenvalue weighted by molar-refractivity contribution is 5.76. The molecule has 1 N–H and O–H groups in total. The van der Waals surface area contributed by atoms with Gasteiger partial charge in [0.15, 0.2) is 5.66 Å². The minimum absolute atomic E-state index is 0.0795. The maximum absolute atomic E-state index is 12.8. The minimum Gasteiger partial charge on any atom is -0.332 e. The van der Waals surface area contributed by atoms with Crippen LogP contribution < -0.4 is 0 Å². The Labute approximate surface area is 147 Å². The maximum atomic E-state index is 12.8. The number of benzene rings is 1. The summed E-state index contributed by atoms with van der Waals surface area (Å²) in [5, 5.41) is 15.1. The van der Waals surface area contributed by atoms with Crippen LogP contribution in [0.3, 0.4) is 0 Å². The third kappa shape index (κ3) is 4.77. The van der Waals surface area contributed by atoms with E-state index in [2.05, 4.69) is 26.3 Å². The van der Waals surface area contributed by atoms with Crippen molar-refractivity contribution in [3.63, 3.8) is 0 Å². The van der Waals surface area contributed by atoms with Gasteiger partial charge in [-0.2, -0.15) is 15.3 Å². The van der Waals surface area contributed by atoms with Gasteiger partial charge >= 0.3 is 0 Å². The number of nitrogens with zero attached hydrogens (tertiary/aromatic N) is 4. The summed E-state index contributed by atoms with van der Waals surface area (Å²) in [7, 11) is 0. The second-order valence-electron chi connectivity index (χ2n) is 6.20. The number of amides is 1. The first-order valence-electron chi connectivity index (χ1n) is 8.38. The number of terminal acetylenes is 1. The molecule has 0 unspecified atom stereocenters. The van der Waals surface area contributed by atoms with Crippen LogP contribution in [0.15, 0.2) is 52.8 Å². The quantitative estimate of drug-likeness (QED) is 0.714. The normalized spacial score (nSPS) is 14.0. The lowest BCUT2D eigenvalue weighted by Gasteiger charge is -2.23. The Morgan fingerprint density at radius 3 is 2.60 bits per heavy atom. The molecule has 0 aliphatic carbocycles. The van der Waals surface area contributed by atoms with Gasteiger partial charge in [0.1, 0.15) is 0 Å². The van der Waals surface area contributed by atoms with Gasteiger partial charge in [0.25, 0.3) is 0 Å². The lowest BCUT2D eigenvalue weighted by molar-refractivity contribution is -0.132. The van der Waals surface area contributed by atoms with Gasteiger partial charge in [0.05, 0.1) is 12.2 Å². The Morgan fingerprint density at radius 1 is 1.16 bits per heavy atom. The van der Waals surface area contributed by atoms with Gasteiger partial charge in [-0.25, -0.2) is 0 Å². The number of hydrogen-bond acceptors (Lipinski definition) is 4. The Balaban J connectivity index is 1.61. The number of carbonyl (C=O) groups excluding carboxylic acids is 1. The number of nitrogens with one attached hydrogen (secondary N) is 1. The summed E-state index contributed by atoms with van der Waals surface area (Å²) >= 11 is 0. The molecule has 0 radical (unpaired) electrons. The van der Waals surface area contributed by atoms with Crippen LogP contribution >= 0.6 is 0 Å². The first-order chi connectivity index (χ1) is 12.2. The largest absolute Gasteiger partial charge is 0.332 e. The van der Waals surface area contributed by atoms with E-state index in [9.17, 15) is 4.79 Å². The smallest absolute Gasteiger partial charge is 0.223 e. The lowest BCUT2D eigenvalue weighted by atomic mass is 10.0. The predicted molar refractivity (Wildman–Crippen MR) is 94.2 cm³/mol. The number of carbonyl (C=O) groups is 1. The highest BCUT2D eigenvalue weighted by Crippen LogP contribution is 2.37. The van der Waals surface area contributed by atoms with E-state index in [1.807, 2.05) is 41.3 Å². The fourth-order valence-electron chi connectivity index (χ4n) is 2.75. The maximum Gasteiger partial charge on any atom is 0.223 e. The van der Waals surface area contributed by atoms with Crippen molar-refractivity contribution in [3.8, 4) is 12.3 Å². The molecule has 0 fully saturated rings. The van der Waals surface area contributed by atoms with E-state index in [1.54, 1.807) is 6.20 Å². The van der Waals surface area contributed by atoms with Crippen molar-refractivity contribution in [2.45, 2.75) is 44.4 Å². The summed E-state index contributed by atoms with van der Waals surface area (Å²) in [6.45, 7) is 1.06. The fraction of sp³-hybridized carbons (Fsp3) is 0.368. The van der Waals surface area contributed by atoms with Crippen molar-refractivity contribution in [3.05, 3.63) is 53.9 Å². The molecule has 1 aliphatic heterocycles. The molecule has 1 aromatic carbocycles. The average molecular weight is 335 g/mol. The van der Waals surface area contributed by atoms with E-state index in [1.165, 1.54) is 0 Å². The third-order valence-electron chi connectivity index (χ3n) is 4.28. The molecule has 3 rings (SSSR count). The average Bonchev–Trinajstić information content (AvgIpc) is 3.23.